The fraction of sp³-hybridized carbons (Fsp3) is 0.385. The molecule has 1 amide bonds. The zero-order valence-corrected chi connectivity index (χ0v) is 10.9. The van der Waals surface area contributed by atoms with Crippen LogP contribution in [0.5, 0.6) is 0 Å². The molecule has 1 aliphatic heterocycles. The van der Waals surface area contributed by atoms with Crippen LogP contribution >= 0.6 is 11.6 Å². The molecule has 5 nitrogen and oxygen atoms in total. The summed E-state index contributed by atoms with van der Waals surface area (Å²) in [5.74, 6) is -1.31. The largest absolute Gasteiger partial charge is 0.478 e. The molecule has 102 valence electrons. The molecular formula is C13H14ClNO4. The van der Waals surface area contributed by atoms with Gasteiger partial charge in [-0.1, -0.05) is 11.6 Å². The molecule has 1 unspecified atom stereocenters. The molecule has 1 aromatic carbocycles. The van der Waals surface area contributed by atoms with E-state index in [4.69, 9.17) is 21.4 Å². The van der Waals surface area contributed by atoms with Gasteiger partial charge in [0.2, 0.25) is 5.91 Å². The summed E-state index contributed by atoms with van der Waals surface area (Å²) in [5.41, 5.74) is 0.390. The summed E-state index contributed by atoms with van der Waals surface area (Å²) in [6, 6.07) is 4.37. The van der Waals surface area contributed by atoms with E-state index in [2.05, 4.69) is 5.32 Å². The Morgan fingerprint density at radius 3 is 2.89 bits per heavy atom. The molecule has 1 aromatic rings. The molecule has 0 aliphatic carbocycles. The van der Waals surface area contributed by atoms with Crippen molar-refractivity contribution in [2.24, 2.45) is 0 Å². The van der Waals surface area contributed by atoms with Gasteiger partial charge < -0.3 is 15.2 Å². The topological polar surface area (TPSA) is 75.6 Å². The zero-order valence-electron chi connectivity index (χ0n) is 10.2. The van der Waals surface area contributed by atoms with Gasteiger partial charge in [-0.15, -0.1) is 0 Å². The number of nitrogens with one attached hydrogen (secondary N) is 1. The first kappa shape index (κ1) is 13.8. The van der Waals surface area contributed by atoms with E-state index >= 15 is 0 Å². The van der Waals surface area contributed by atoms with E-state index in [-0.39, 0.29) is 29.0 Å². The molecule has 1 aliphatic rings. The molecule has 0 aromatic heterocycles. The normalized spacial score (nSPS) is 18.3. The minimum absolute atomic E-state index is 0.0309. The lowest BCUT2D eigenvalue weighted by atomic mass is 10.1. The van der Waals surface area contributed by atoms with Crippen LogP contribution in [-0.2, 0) is 9.53 Å². The molecule has 6 heteroatoms. The van der Waals surface area contributed by atoms with Crippen LogP contribution in [-0.4, -0.2) is 29.7 Å². The van der Waals surface area contributed by atoms with E-state index in [0.717, 1.165) is 12.8 Å². The summed E-state index contributed by atoms with van der Waals surface area (Å²) in [5, 5.41) is 11.7. The predicted molar refractivity (Wildman–Crippen MR) is 70.6 cm³/mol. The maximum Gasteiger partial charge on any atom is 0.337 e. The highest BCUT2D eigenvalue weighted by Crippen LogP contribution is 2.21. The van der Waals surface area contributed by atoms with Gasteiger partial charge in [-0.25, -0.2) is 4.79 Å². The van der Waals surface area contributed by atoms with E-state index < -0.39 is 5.97 Å². The van der Waals surface area contributed by atoms with E-state index in [1.807, 2.05) is 0 Å². The van der Waals surface area contributed by atoms with Crippen molar-refractivity contribution in [2.75, 3.05) is 11.9 Å². The first-order valence-corrected chi connectivity index (χ1v) is 6.38. The highest BCUT2D eigenvalue weighted by atomic mass is 35.5. The second kappa shape index (κ2) is 6.04. The summed E-state index contributed by atoms with van der Waals surface area (Å²) in [6.07, 6.45) is 2.10. The van der Waals surface area contributed by atoms with Crippen LogP contribution in [0.1, 0.15) is 29.6 Å². The fourth-order valence-electron chi connectivity index (χ4n) is 1.99. The van der Waals surface area contributed by atoms with Crippen molar-refractivity contribution >= 4 is 29.2 Å². The van der Waals surface area contributed by atoms with Gasteiger partial charge >= 0.3 is 5.97 Å². The number of ether oxygens (including phenoxy) is 1. The Labute approximate surface area is 115 Å². The van der Waals surface area contributed by atoms with E-state index in [0.29, 0.717) is 12.3 Å². The number of hydrogen-bond acceptors (Lipinski definition) is 3. The molecule has 1 saturated heterocycles. The van der Waals surface area contributed by atoms with Crippen LogP contribution in [0.15, 0.2) is 18.2 Å². The minimum Gasteiger partial charge on any atom is -0.478 e. The summed E-state index contributed by atoms with van der Waals surface area (Å²) in [6.45, 7) is 0.696. The highest BCUT2D eigenvalue weighted by molar-refractivity contribution is 6.33. The van der Waals surface area contributed by atoms with Crippen LogP contribution in [0.3, 0.4) is 0 Å². The van der Waals surface area contributed by atoms with E-state index in [9.17, 15) is 9.59 Å². The van der Waals surface area contributed by atoms with Gasteiger partial charge in [-0.3, -0.25) is 4.79 Å². The van der Waals surface area contributed by atoms with Crippen molar-refractivity contribution in [1.82, 2.24) is 0 Å². The molecule has 0 saturated carbocycles. The number of carbonyl (C=O) groups is 2. The Morgan fingerprint density at radius 2 is 2.26 bits per heavy atom. The molecule has 2 rings (SSSR count). The van der Waals surface area contributed by atoms with Crippen molar-refractivity contribution in [3.05, 3.63) is 28.8 Å². The van der Waals surface area contributed by atoms with Crippen LogP contribution < -0.4 is 5.32 Å². The third-order valence-electron chi connectivity index (χ3n) is 2.92. The number of carboxylic acid groups (broad SMARTS) is 1. The first-order chi connectivity index (χ1) is 9.06. The van der Waals surface area contributed by atoms with Gasteiger partial charge in [-0.05, 0) is 31.0 Å². The van der Waals surface area contributed by atoms with Crippen LogP contribution in [0.2, 0.25) is 5.02 Å². The third kappa shape index (κ3) is 3.68. The summed E-state index contributed by atoms with van der Waals surface area (Å²) >= 11 is 5.75. The lowest BCUT2D eigenvalue weighted by Gasteiger charge is -2.10. The number of amides is 1. The molecule has 0 bridgehead atoms. The summed E-state index contributed by atoms with van der Waals surface area (Å²) in [4.78, 5) is 22.7. The maximum absolute atomic E-state index is 11.8. The maximum atomic E-state index is 11.8. The van der Waals surface area contributed by atoms with Gasteiger partial charge in [0.25, 0.3) is 0 Å². The molecule has 19 heavy (non-hydrogen) atoms. The van der Waals surface area contributed by atoms with Crippen molar-refractivity contribution < 1.29 is 19.4 Å². The molecule has 0 spiro atoms. The second-order valence-corrected chi connectivity index (χ2v) is 4.79. The van der Waals surface area contributed by atoms with Gasteiger partial charge in [0.15, 0.2) is 0 Å². The van der Waals surface area contributed by atoms with Gasteiger partial charge in [0, 0.05) is 12.3 Å². The average Bonchev–Trinajstić information content (AvgIpc) is 2.84. The van der Waals surface area contributed by atoms with Crippen molar-refractivity contribution in [2.45, 2.75) is 25.4 Å². The Hall–Kier alpha value is -1.59. The number of carbonyl (C=O) groups excluding carboxylic acids is 1. The quantitative estimate of drug-likeness (QED) is 0.890. The standard InChI is InChI=1S/C13H14ClNO4/c14-11-4-3-8(6-10(11)13(17)18)15-12(16)7-9-2-1-5-19-9/h3-4,6,9H,1-2,5,7H2,(H,15,16)(H,17,18). The summed E-state index contributed by atoms with van der Waals surface area (Å²) in [7, 11) is 0. The van der Waals surface area contributed by atoms with E-state index in [1.165, 1.54) is 12.1 Å². The predicted octanol–water partition coefficient (Wildman–Crippen LogP) is 2.55. The van der Waals surface area contributed by atoms with Crippen molar-refractivity contribution in [3.8, 4) is 0 Å². The van der Waals surface area contributed by atoms with Crippen molar-refractivity contribution in [1.29, 1.82) is 0 Å². The van der Waals surface area contributed by atoms with E-state index in [1.54, 1.807) is 6.07 Å². The second-order valence-electron chi connectivity index (χ2n) is 4.39. The SMILES string of the molecule is O=C(CC1CCCO1)Nc1ccc(Cl)c(C(=O)O)c1. The van der Waals surface area contributed by atoms with Crippen LogP contribution in [0, 0.1) is 0 Å². The smallest absolute Gasteiger partial charge is 0.337 e. The number of rotatable bonds is 4. The molecule has 2 N–H and O–H groups in total. The number of halogens is 1. The number of hydrogen-bond donors (Lipinski definition) is 2. The minimum atomic E-state index is -1.12. The molecule has 1 atom stereocenters. The Morgan fingerprint density at radius 1 is 1.47 bits per heavy atom. The van der Waals surface area contributed by atoms with Crippen LogP contribution in [0.25, 0.3) is 0 Å². The molecule has 0 radical (unpaired) electrons. The van der Waals surface area contributed by atoms with Gasteiger partial charge in [0.1, 0.15) is 0 Å². The van der Waals surface area contributed by atoms with Gasteiger partial charge in [0.05, 0.1) is 23.1 Å². The average molecular weight is 284 g/mol. The fourth-order valence-corrected chi connectivity index (χ4v) is 2.19. The monoisotopic (exact) mass is 283 g/mol. The number of aromatic carboxylic acids is 1. The van der Waals surface area contributed by atoms with Crippen molar-refractivity contribution in [3.63, 3.8) is 0 Å². The lowest BCUT2D eigenvalue weighted by Crippen LogP contribution is -2.19. The Balaban J connectivity index is 2.00. The first-order valence-electron chi connectivity index (χ1n) is 6.00. The molecule has 1 fully saturated rings. The Kier molecular flexibility index (Phi) is 4.39. The number of anilines is 1. The van der Waals surface area contributed by atoms with Gasteiger partial charge in [-0.2, -0.15) is 0 Å². The highest BCUT2D eigenvalue weighted by Gasteiger charge is 2.19. The van der Waals surface area contributed by atoms with Crippen LogP contribution in [0.4, 0.5) is 5.69 Å². The third-order valence-corrected chi connectivity index (χ3v) is 3.25. The summed E-state index contributed by atoms with van der Waals surface area (Å²) < 4.78 is 5.37. The Bertz CT molecular complexity index is 497. The zero-order chi connectivity index (χ0) is 13.8. The number of benzene rings is 1. The molecular weight excluding hydrogens is 270 g/mol. The number of carboxylic acids is 1. The lowest BCUT2D eigenvalue weighted by molar-refractivity contribution is -0.118. The molecule has 1 heterocycles.